The van der Waals surface area contributed by atoms with Gasteiger partial charge in [0.25, 0.3) is 0 Å². The molecule has 2 heteroatoms. The Hall–Kier alpha value is -0.0800. The van der Waals surface area contributed by atoms with Gasteiger partial charge in [-0.25, -0.2) is 0 Å². The van der Waals surface area contributed by atoms with Crippen molar-refractivity contribution in [1.82, 2.24) is 5.32 Å². The van der Waals surface area contributed by atoms with E-state index in [1.165, 1.54) is 57.8 Å². The molecule has 0 saturated heterocycles. The normalized spacial score (nSPS) is 31.7. The number of hydrogen-bond acceptors (Lipinski definition) is 2. The first-order valence-electron chi connectivity index (χ1n) is 9.51. The van der Waals surface area contributed by atoms with Gasteiger partial charge in [-0.2, -0.15) is 0 Å². The van der Waals surface area contributed by atoms with Crippen LogP contribution in [0.2, 0.25) is 0 Å². The van der Waals surface area contributed by atoms with Crippen molar-refractivity contribution < 1.29 is 4.74 Å². The van der Waals surface area contributed by atoms with Crippen molar-refractivity contribution in [2.45, 2.75) is 90.7 Å². The largest absolute Gasteiger partial charge is 0.378 e. The molecular formula is C19H37NO. The molecule has 124 valence electrons. The maximum Gasteiger partial charge on any atom is 0.0608 e. The van der Waals surface area contributed by atoms with E-state index in [1.807, 2.05) is 0 Å². The number of hydrogen-bond donors (Lipinski definition) is 1. The van der Waals surface area contributed by atoms with E-state index < -0.39 is 0 Å². The quantitative estimate of drug-likeness (QED) is 0.683. The van der Waals surface area contributed by atoms with Gasteiger partial charge in [-0.1, -0.05) is 46.5 Å². The highest BCUT2D eigenvalue weighted by Crippen LogP contribution is 2.35. The minimum atomic E-state index is 0.517. The first kappa shape index (κ1) is 17.3. The van der Waals surface area contributed by atoms with Crippen LogP contribution in [0.25, 0.3) is 0 Å². The molecular weight excluding hydrogens is 258 g/mol. The maximum absolute atomic E-state index is 6.28. The van der Waals surface area contributed by atoms with Crippen LogP contribution >= 0.6 is 0 Å². The number of rotatable bonds is 7. The summed E-state index contributed by atoms with van der Waals surface area (Å²) < 4.78 is 6.28. The zero-order valence-corrected chi connectivity index (χ0v) is 14.6. The molecule has 0 aromatic heterocycles. The Kier molecular flexibility index (Phi) is 7.53. The van der Waals surface area contributed by atoms with Crippen LogP contribution in [0.15, 0.2) is 0 Å². The van der Waals surface area contributed by atoms with E-state index in [-0.39, 0.29) is 0 Å². The van der Waals surface area contributed by atoms with E-state index in [2.05, 4.69) is 26.1 Å². The predicted octanol–water partition coefficient (Wildman–Crippen LogP) is 4.78. The van der Waals surface area contributed by atoms with Gasteiger partial charge in [0.15, 0.2) is 0 Å². The van der Waals surface area contributed by atoms with Crippen LogP contribution in [0.5, 0.6) is 0 Å². The maximum atomic E-state index is 6.28. The SMILES string of the molecule is CC1CCC(C(C)C)C(OCCCNC2CCCCC2)C1. The third kappa shape index (κ3) is 5.90. The molecule has 0 spiro atoms. The van der Waals surface area contributed by atoms with Gasteiger partial charge in [0, 0.05) is 12.6 Å². The summed E-state index contributed by atoms with van der Waals surface area (Å²) in [7, 11) is 0. The van der Waals surface area contributed by atoms with Gasteiger partial charge in [-0.05, 0) is 56.4 Å². The molecule has 1 N–H and O–H groups in total. The van der Waals surface area contributed by atoms with Gasteiger partial charge in [-0.3, -0.25) is 0 Å². The average molecular weight is 296 g/mol. The summed E-state index contributed by atoms with van der Waals surface area (Å²) >= 11 is 0. The van der Waals surface area contributed by atoms with E-state index in [1.54, 1.807) is 0 Å². The van der Waals surface area contributed by atoms with Gasteiger partial charge >= 0.3 is 0 Å². The van der Waals surface area contributed by atoms with Crippen LogP contribution in [-0.4, -0.2) is 25.3 Å². The summed E-state index contributed by atoms with van der Waals surface area (Å²) in [5, 5.41) is 3.72. The number of nitrogens with one attached hydrogen (secondary N) is 1. The molecule has 3 unspecified atom stereocenters. The van der Waals surface area contributed by atoms with Gasteiger partial charge < -0.3 is 10.1 Å². The fourth-order valence-corrected chi connectivity index (χ4v) is 4.23. The molecule has 0 aromatic carbocycles. The van der Waals surface area contributed by atoms with Crippen LogP contribution in [0.4, 0.5) is 0 Å². The highest BCUT2D eigenvalue weighted by Gasteiger charge is 2.31. The highest BCUT2D eigenvalue weighted by molar-refractivity contribution is 4.81. The van der Waals surface area contributed by atoms with Crippen LogP contribution in [-0.2, 0) is 4.74 Å². The summed E-state index contributed by atoms with van der Waals surface area (Å²) in [6.45, 7) is 9.19. The van der Waals surface area contributed by atoms with Gasteiger partial charge in [0.2, 0.25) is 0 Å². The lowest BCUT2D eigenvalue weighted by atomic mass is 9.75. The van der Waals surface area contributed by atoms with Crippen LogP contribution in [0.1, 0.15) is 78.6 Å². The van der Waals surface area contributed by atoms with Crippen molar-refractivity contribution in [3.05, 3.63) is 0 Å². The van der Waals surface area contributed by atoms with Crippen molar-refractivity contribution in [3.63, 3.8) is 0 Å². The third-order valence-electron chi connectivity index (χ3n) is 5.65. The van der Waals surface area contributed by atoms with E-state index in [4.69, 9.17) is 4.74 Å². The lowest BCUT2D eigenvalue weighted by Gasteiger charge is -2.37. The monoisotopic (exact) mass is 295 g/mol. The topological polar surface area (TPSA) is 21.3 Å². The van der Waals surface area contributed by atoms with Gasteiger partial charge in [-0.15, -0.1) is 0 Å². The summed E-state index contributed by atoms with van der Waals surface area (Å²) in [6.07, 6.45) is 12.8. The Morgan fingerprint density at radius 2 is 1.81 bits per heavy atom. The first-order chi connectivity index (χ1) is 10.2. The molecule has 21 heavy (non-hydrogen) atoms. The van der Waals surface area contributed by atoms with Crippen molar-refractivity contribution in [2.75, 3.05) is 13.2 Å². The molecule has 2 aliphatic rings. The van der Waals surface area contributed by atoms with E-state index >= 15 is 0 Å². The second-order valence-electron chi connectivity index (χ2n) is 7.88. The zero-order chi connectivity index (χ0) is 15.1. The predicted molar refractivity (Wildman–Crippen MR) is 90.6 cm³/mol. The Morgan fingerprint density at radius 3 is 2.52 bits per heavy atom. The van der Waals surface area contributed by atoms with Crippen LogP contribution in [0, 0.1) is 17.8 Å². The molecule has 2 nitrogen and oxygen atoms in total. The van der Waals surface area contributed by atoms with Crippen molar-refractivity contribution >= 4 is 0 Å². The molecule has 0 amide bonds. The molecule has 3 atom stereocenters. The molecule has 2 aliphatic carbocycles. The van der Waals surface area contributed by atoms with E-state index in [0.29, 0.717) is 6.10 Å². The summed E-state index contributed by atoms with van der Waals surface area (Å²) in [5.41, 5.74) is 0. The van der Waals surface area contributed by atoms with E-state index in [0.717, 1.165) is 36.9 Å². The molecule has 0 bridgehead atoms. The third-order valence-corrected chi connectivity index (χ3v) is 5.65. The smallest absolute Gasteiger partial charge is 0.0608 e. The standard InChI is InChI=1S/C19H37NO/c1-15(2)18-11-10-16(3)14-19(18)21-13-7-12-20-17-8-5-4-6-9-17/h15-20H,4-14H2,1-3H3. The molecule has 0 aromatic rings. The Morgan fingerprint density at radius 1 is 1.05 bits per heavy atom. The summed E-state index contributed by atoms with van der Waals surface area (Å²) in [4.78, 5) is 0. The van der Waals surface area contributed by atoms with Crippen molar-refractivity contribution in [1.29, 1.82) is 0 Å². The lowest BCUT2D eigenvalue weighted by molar-refractivity contribution is -0.0389. The Labute approximate surface area is 132 Å². The minimum Gasteiger partial charge on any atom is -0.378 e. The van der Waals surface area contributed by atoms with Crippen molar-refractivity contribution in [3.8, 4) is 0 Å². The fraction of sp³-hybridized carbons (Fsp3) is 1.00. The Balaban J connectivity index is 1.59. The Bertz CT molecular complexity index is 273. The fourth-order valence-electron chi connectivity index (χ4n) is 4.23. The molecule has 2 saturated carbocycles. The zero-order valence-electron chi connectivity index (χ0n) is 14.6. The average Bonchev–Trinajstić information content (AvgIpc) is 2.48. The van der Waals surface area contributed by atoms with E-state index in [9.17, 15) is 0 Å². The van der Waals surface area contributed by atoms with Crippen molar-refractivity contribution in [2.24, 2.45) is 17.8 Å². The summed E-state index contributed by atoms with van der Waals surface area (Å²) in [6, 6.07) is 0.789. The van der Waals surface area contributed by atoms with Gasteiger partial charge in [0.05, 0.1) is 6.10 Å². The highest BCUT2D eigenvalue weighted by atomic mass is 16.5. The first-order valence-corrected chi connectivity index (χ1v) is 9.51. The summed E-state index contributed by atoms with van der Waals surface area (Å²) in [5.74, 6) is 2.40. The second-order valence-corrected chi connectivity index (χ2v) is 7.88. The minimum absolute atomic E-state index is 0.517. The number of ether oxygens (including phenoxy) is 1. The molecule has 0 aliphatic heterocycles. The van der Waals surface area contributed by atoms with Crippen LogP contribution in [0.3, 0.4) is 0 Å². The molecule has 0 heterocycles. The van der Waals surface area contributed by atoms with Gasteiger partial charge in [0.1, 0.15) is 0 Å². The lowest BCUT2D eigenvalue weighted by Crippen LogP contribution is -2.35. The molecule has 0 radical (unpaired) electrons. The second kappa shape index (κ2) is 9.15. The molecule has 2 rings (SSSR count). The molecule has 2 fully saturated rings. The van der Waals surface area contributed by atoms with Crippen LogP contribution < -0.4 is 5.32 Å².